The smallest absolute Gasteiger partial charge is 0.210 e. The zero-order valence-corrected chi connectivity index (χ0v) is 12.9. The summed E-state index contributed by atoms with van der Waals surface area (Å²) in [6, 6.07) is 8.53. The minimum absolute atomic E-state index is 0.792. The molecule has 0 radical (unpaired) electrons. The van der Waals surface area contributed by atoms with Crippen molar-refractivity contribution in [2.24, 2.45) is 0 Å². The molecule has 3 rings (SSSR count). The van der Waals surface area contributed by atoms with Crippen LogP contribution < -0.4 is 10.2 Å². The number of piperidine rings is 1. The third-order valence-corrected chi connectivity index (χ3v) is 4.51. The molecule has 2 heterocycles. The molecule has 19 heavy (non-hydrogen) atoms. The Hall–Kier alpha value is -1.14. The molecule has 4 nitrogen and oxygen atoms in total. The Morgan fingerprint density at radius 1 is 1.05 bits per heavy atom. The average Bonchev–Trinajstić information content (AvgIpc) is 2.86. The molecule has 1 aliphatic heterocycles. The fraction of sp³-hybridized carbons (Fsp3) is 0.385. The van der Waals surface area contributed by atoms with Gasteiger partial charge in [-0.05, 0) is 59.5 Å². The lowest BCUT2D eigenvalue weighted by Crippen LogP contribution is -2.29. The van der Waals surface area contributed by atoms with Gasteiger partial charge in [-0.3, -0.25) is 0 Å². The third kappa shape index (κ3) is 3.25. The summed E-state index contributed by atoms with van der Waals surface area (Å²) >= 11 is 4.80. The molecule has 1 aromatic carbocycles. The molecule has 2 aromatic rings. The summed E-state index contributed by atoms with van der Waals surface area (Å²) in [5, 5.41) is 12.0. The van der Waals surface area contributed by atoms with Gasteiger partial charge in [0.05, 0.1) is 0 Å². The number of nitrogens with one attached hydrogen (secondary N) is 1. The number of rotatable bonds is 3. The predicted molar refractivity (Wildman–Crippen MR) is 83.4 cm³/mol. The van der Waals surface area contributed by atoms with E-state index in [9.17, 15) is 0 Å². The Bertz CT molecular complexity index is 534. The van der Waals surface area contributed by atoms with E-state index in [1.807, 2.05) is 0 Å². The van der Waals surface area contributed by atoms with Gasteiger partial charge in [-0.2, -0.15) is 0 Å². The maximum Gasteiger partial charge on any atom is 0.210 e. The first-order valence-electron chi connectivity index (χ1n) is 6.42. The lowest BCUT2D eigenvalue weighted by atomic mass is 10.1. The second-order valence-electron chi connectivity index (χ2n) is 4.58. The van der Waals surface area contributed by atoms with Crippen LogP contribution in [0.15, 0.2) is 28.2 Å². The van der Waals surface area contributed by atoms with Gasteiger partial charge in [0, 0.05) is 24.5 Å². The van der Waals surface area contributed by atoms with Gasteiger partial charge in [0.2, 0.25) is 5.13 Å². The van der Waals surface area contributed by atoms with Crippen LogP contribution in [0.2, 0.25) is 0 Å². The topological polar surface area (TPSA) is 41.1 Å². The Labute approximate surface area is 125 Å². The van der Waals surface area contributed by atoms with Crippen LogP contribution in [0, 0.1) is 0 Å². The number of aromatic nitrogens is 2. The van der Waals surface area contributed by atoms with E-state index in [2.05, 4.69) is 60.6 Å². The molecule has 0 bridgehead atoms. The van der Waals surface area contributed by atoms with Crippen molar-refractivity contribution in [3.63, 3.8) is 0 Å². The number of hydrogen-bond donors (Lipinski definition) is 1. The average molecular weight is 339 g/mol. The zero-order valence-electron chi connectivity index (χ0n) is 10.5. The first-order chi connectivity index (χ1) is 9.31. The molecule has 100 valence electrons. The van der Waals surface area contributed by atoms with E-state index in [1.54, 1.807) is 0 Å². The van der Waals surface area contributed by atoms with Crippen molar-refractivity contribution in [3.8, 4) is 0 Å². The van der Waals surface area contributed by atoms with Crippen LogP contribution in [-0.2, 0) is 0 Å². The van der Waals surface area contributed by atoms with E-state index < -0.39 is 0 Å². The van der Waals surface area contributed by atoms with Crippen molar-refractivity contribution in [2.45, 2.75) is 19.3 Å². The van der Waals surface area contributed by atoms with Crippen molar-refractivity contribution < 1.29 is 0 Å². The molecule has 1 aliphatic rings. The molecule has 1 N–H and O–H groups in total. The van der Waals surface area contributed by atoms with Gasteiger partial charge in [0.15, 0.2) is 3.92 Å². The van der Waals surface area contributed by atoms with E-state index in [-0.39, 0.29) is 0 Å². The monoisotopic (exact) mass is 338 g/mol. The van der Waals surface area contributed by atoms with Gasteiger partial charge in [-0.15, -0.1) is 10.2 Å². The first-order valence-corrected chi connectivity index (χ1v) is 8.03. The van der Waals surface area contributed by atoms with Crippen LogP contribution in [0.25, 0.3) is 0 Å². The summed E-state index contributed by atoms with van der Waals surface area (Å²) in [4.78, 5) is 2.45. The number of anilines is 3. The molecule has 1 fully saturated rings. The van der Waals surface area contributed by atoms with Crippen LogP contribution in [-0.4, -0.2) is 23.3 Å². The SMILES string of the molecule is Brc1nnc(Nc2ccc(N3CCCCC3)cc2)s1. The summed E-state index contributed by atoms with van der Waals surface area (Å²) in [7, 11) is 0. The highest BCUT2D eigenvalue weighted by Gasteiger charge is 2.10. The second kappa shape index (κ2) is 5.88. The van der Waals surface area contributed by atoms with Crippen molar-refractivity contribution in [1.29, 1.82) is 0 Å². The summed E-state index contributed by atoms with van der Waals surface area (Å²) in [6.45, 7) is 2.35. The first kappa shape index (κ1) is 12.9. The number of halogens is 1. The number of hydrogen-bond acceptors (Lipinski definition) is 5. The highest BCUT2D eigenvalue weighted by molar-refractivity contribution is 9.11. The van der Waals surface area contributed by atoms with E-state index in [1.165, 1.54) is 49.4 Å². The summed E-state index contributed by atoms with van der Waals surface area (Å²) in [6.07, 6.45) is 3.97. The maximum absolute atomic E-state index is 4.02. The highest BCUT2D eigenvalue weighted by atomic mass is 79.9. The molecule has 1 saturated heterocycles. The van der Waals surface area contributed by atoms with Gasteiger partial charge < -0.3 is 10.2 Å². The highest BCUT2D eigenvalue weighted by Crippen LogP contribution is 2.26. The molecular formula is C13H15BrN4S. The molecule has 0 atom stereocenters. The maximum atomic E-state index is 4.02. The molecular weight excluding hydrogens is 324 g/mol. The minimum atomic E-state index is 0.792. The second-order valence-corrected chi connectivity index (χ2v) is 6.83. The van der Waals surface area contributed by atoms with Crippen molar-refractivity contribution >= 4 is 43.8 Å². The Morgan fingerprint density at radius 3 is 2.42 bits per heavy atom. The van der Waals surface area contributed by atoms with Gasteiger partial charge in [-0.25, -0.2) is 0 Å². The fourth-order valence-corrected chi connectivity index (χ4v) is 3.32. The normalized spacial score (nSPS) is 15.5. The Balaban J connectivity index is 1.68. The van der Waals surface area contributed by atoms with Gasteiger partial charge in [-0.1, -0.05) is 11.3 Å². The molecule has 0 spiro atoms. The summed E-state index contributed by atoms with van der Waals surface area (Å²) in [5.41, 5.74) is 2.35. The zero-order chi connectivity index (χ0) is 13.1. The van der Waals surface area contributed by atoms with Crippen LogP contribution in [0.3, 0.4) is 0 Å². The predicted octanol–water partition coefficient (Wildman–Crippen LogP) is 4.03. The summed E-state index contributed by atoms with van der Waals surface area (Å²) in [5.74, 6) is 0. The summed E-state index contributed by atoms with van der Waals surface area (Å²) < 4.78 is 0.792. The quantitative estimate of drug-likeness (QED) is 0.917. The largest absolute Gasteiger partial charge is 0.372 e. The molecule has 1 aromatic heterocycles. The minimum Gasteiger partial charge on any atom is -0.372 e. The standard InChI is InChI=1S/C13H15BrN4S/c14-12-16-17-13(19-12)15-10-4-6-11(7-5-10)18-8-2-1-3-9-18/h4-7H,1-3,8-9H2,(H,15,17). The van der Waals surface area contributed by atoms with E-state index >= 15 is 0 Å². The van der Waals surface area contributed by atoms with Crippen molar-refractivity contribution in [1.82, 2.24) is 10.2 Å². The van der Waals surface area contributed by atoms with Crippen LogP contribution >= 0.6 is 27.3 Å². The van der Waals surface area contributed by atoms with Crippen molar-refractivity contribution in [2.75, 3.05) is 23.3 Å². The number of benzene rings is 1. The molecule has 0 aliphatic carbocycles. The van der Waals surface area contributed by atoms with Gasteiger partial charge in [0.25, 0.3) is 0 Å². The van der Waals surface area contributed by atoms with E-state index in [0.29, 0.717) is 0 Å². The Morgan fingerprint density at radius 2 is 1.79 bits per heavy atom. The van der Waals surface area contributed by atoms with Crippen molar-refractivity contribution in [3.05, 3.63) is 28.2 Å². The molecule has 0 saturated carbocycles. The van der Waals surface area contributed by atoms with Gasteiger partial charge in [0.1, 0.15) is 0 Å². The van der Waals surface area contributed by atoms with E-state index in [0.717, 1.165) is 14.7 Å². The third-order valence-electron chi connectivity index (χ3n) is 3.24. The van der Waals surface area contributed by atoms with E-state index in [4.69, 9.17) is 0 Å². The number of nitrogens with zero attached hydrogens (tertiary/aromatic N) is 3. The molecule has 0 unspecified atom stereocenters. The fourth-order valence-electron chi connectivity index (χ4n) is 2.29. The van der Waals surface area contributed by atoms with Gasteiger partial charge >= 0.3 is 0 Å². The Kier molecular flexibility index (Phi) is 3.98. The van der Waals surface area contributed by atoms with Crippen LogP contribution in [0.1, 0.15) is 19.3 Å². The molecule has 6 heteroatoms. The van der Waals surface area contributed by atoms with Crippen LogP contribution in [0.5, 0.6) is 0 Å². The van der Waals surface area contributed by atoms with Crippen LogP contribution in [0.4, 0.5) is 16.5 Å². The lowest BCUT2D eigenvalue weighted by molar-refractivity contribution is 0.578. The lowest BCUT2D eigenvalue weighted by Gasteiger charge is -2.28. The molecule has 0 amide bonds.